The van der Waals surface area contributed by atoms with E-state index in [4.69, 9.17) is 11.6 Å². The number of nitrogens with zero attached hydrogens (tertiary/aromatic N) is 2. The Morgan fingerprint density at radius 2 is 1.68 bits per heavy atom. The van der Waals surface area contributed by atoms with Crippen molar-refractivity contribution in [3.63, 3.8) is 0 Å². The number of fused-ring (bicyclic) bond motifs is 1. The van der Waals surface area contributed by atoms with Crippen molar-refractivity contribution in [2.75, 3.05) is 6.00 Å². The Labute approximate surface area is 135 Å². The van der Waals surface area contributed by atoms with Gasteiger partial charge in [0.05, 0.1) is 11.4 Å². The highest BCUT2D eigenvalue weighted by molar-refractivity contribution is 6.24. The van der Waals surface area contributed by atoms with Gasteiger partial charge in [-0.3, -0.25) is 9.98 Å². The van der Waals surface area contributed by atoms with Crippen LogP contribution in [0.3, 0.4) is 0 Å². The molecular formula is C19H15ClN2. The first-order chi connectivity index (χ1) is 10.8. The molecule has 0 heterocycles. The second kappa shape index (κ2) is 6.54. The zero-order chi connectivity index (χ0) is 15.4. The number of alkyl halides is 1. The van der Waals surface area contributed by atoms with Crippen molar-refractivity contribution in [2.24, 2.45) is 9.98 Å². The fourth-order valence-corrected chi connectivity index (χ4v) is 2.72. The molecule has 0 bridgehead atoms. The molecule has 2 aromatic carbocycles. The smallest absolute Gasteiger partial charge is 0.114 e. The summed E-state index contributed by atoms with van der Waals surface area (Å²) in [5, 5.41) is 0. The van der Waals surface area contributed by atoms with Crippen molar-refractivity contribution in [3.8, 4) is 0 Å². The zero-order valence-corrected chi connectivity index (χ0v) is 12.8. The first-order valence-electron chi connectivity index (χ1n) is 7.00. The molecular weight excluding hydrogens is 292 g/mol. The van der Waals surface area contributed by atoms with Crippen molar-refractivity contribution < 1.29 is 0 Å². The van der Waals surface area contributed by atoms with E-state index in [-0.39, 0.29) is 6.00 Å². The SMILES string of the molecule is C=N/C(=C1/C=Cc2ccccc2/C1=N/CCl)c1ccccc1. The van der Waals surface area contributed by atoms with Gasteiger partial charge in [0.15, 0.2) is 0 Å². The normalized spacial score (nSPS) is 17.2. The highest BCUT2D eigenvalue weighted by Crippen LogP contribution is 2.30. The van der Waals surface area contributed by atoms with Gasteiger partial charge < -0.3 is 0 Å². The number of hydrogen-bond donors (Lipinski definition) is 0. The monoisotopic (exact) mass is 306 g/mol. The third-order valence-electron chi connectivity index (χ3n) is 3.58. The first-order valence-corrected chi connectivity index (χ1v) is 7.53. The lowest BCUT2D eigenvalue weighted by Gasteiger charge is -2.18. The predicted octanol–water partition coefficient (Wildman–Crippen LogP) is 4.81. The van der Waals surface area contributed by atoms with E-state index in [9.17, 15) is 0 Å². The van der Waals surface area contributed by atoms with E-state index in [1.54, 1.807) is 0 Å². The molecule has 0 fully saturated rings. The Kier molecular flexibility index (Phi) is 4.31. The number of halogens is 1. The van der Waals surface area contributed by atoms with Crippen LogP contribution in [0.5, 0.6) is 0 Å². The quantitative estimate of drug-likeness (QED) is 0.441. The zero-order valence-electron chi connectivity index (χ0n) is 12.0. The topological polar surface area (TPSA) is 24.7 Å². The van der Waals surface area contributed by atoms with Crippen molar-refractivity contribution >= 4 is 35.8 Å². The Morgan fingerprint density at radius 3 is 2.41 bits per heavy atom. The molecule has 0 unspecified atom stereocenters. The third kappa shape index (κ3) is 2.66. The summed E-state index contributed by atoms with van der Waals surface area (Å²) < 4.78 is 0. The minimum atomic E-state index is 0.209. The number of rotatable bonds is 3. The number of aliphatic imine (C=N–C) groups is 2. The van der Waals surface area contributed by atoms with E-state index in [2.05, 4.69) is 34.9 Å². The van der Waals surface area contributed by atoms with Gasteiger partial charge in [0.1, 0.15) is 6.00 Å². The maximum atomic E-state index is 5.88. The highest BCUT2D eigenvalue weighted by Gasteiger charge is 2.19. The number of hydrogen-bond acceptors (Lipinski definition) is 2. The van der Waals surface area contributed by atoms with Crippen LogP contribution in [-0.2, 0) is 0 Å². The van der Waals surface area contributed by atoms with Crippen LogP contribution in [-0.4, -0.2) is 18.4 Å². The van der Waals surface area contributed by atoms with E-state index in [0.717, 1.165) is 33.7 Å². The standard InChI is InChI=1S/C19H15ClN2/c1-21-18(15-8-3-2-4-9-15)17-12-11-14-7-5-6-10-16(14)19(17)22-13-20/h2-12H,1,13H2/b18-17-,22-19-. The molecule has 2 aromatic rings. The lowest BCUT2D eigenvalue weighted by Crippen LogP contribution is -2.11. The molecule has 0 aromatic heterocycles. The van der Waals surface area contributed by atoms with Crippen molar-refractivity contribution in [3.05, 3.63) is 82.9 Å². The van der Waals surface area contributed by atoms with Gasteiger partial charge in [0, 0.05) is 16.7 Å². The molecule has 0 atom stereocenters. The van der Waals surface area contributed by atoms with Crippen molar-refractivity contribution in [1.29, 1.82) is 0 Å². The molecule has 0 radical (unpaired) electrons. The van der Waals surface area contributed by atoms with Gasteiger partial charge in [-0.15, -0.1) is 11.6 Å². The average molecular weight is 307 g/mol. The van der Waals surface area contributed by atoms with Gasteiger partial charge in [0.2, 0.25) is 0 Å². The summed E-state index contributed by atoms with van der Waals surface area (Å²) in [6.07, 6.45) is 4.11. The van der Waals surface area contributed by atoms with Gasteiger partial charge in [-0.2, -0.15) is 0 Å². The van der Waals surface area contributed by atoms with E-state index in [1.165, 1.54) is 0 Å². The molecule has 0 spiro atoms. The van der Waals surface area contributed by atoms with Crippen molar-refractivity contribution in [2.45, 2.75) is 0 Å². The van der Waals surface area contributed by atoms with Crippen LogP contribution in [0.2, 0.25) is 0 Å². The summed E-state index contributed by atoms with van der Waals surface area (Å²) in [4.78, 5) is 8.73. The second-order valence-corrected chi connectivity index (χ2v) is 5.07. The summed E-state index contributed by atoms with van der Waals surface area (Å²) in [5.41, 5.74) is 5.83. The molecule has 2 nitrogen and oxygen atoms in total. The predicted molar refractivity (Wildman–Crippen MR) is 95.6 cm³/mol. The van der Waals surface area contributed by atoms with Crippen LogP contribution in [0, 0.1) is 0 Å². The summed E-state index contributed by atoms with van der Waals surface area (Å²) in [6.45, 7) is 3.73. The Bertz CT molecular complexity index is 786. The summed E-state index contributed by atoms with van der Waals surface area (Å²) in [7, 11) is 0. The van der Waals surface area contributed by atoms with Gasteiger partial charge >= 0.3 is 0 Å². The maximum absolute atomic E-state index is 5.88. The highest BCUT2D eigenvalue weighted by atomic mass is 35.5. The minimum Gasteiger partial charge on any atom is -0.268 e. The molecule has 1 aliphatic carbocycles. The Hall–Kier alpha value is -2.45. The fourth-order valence-electron chi connectivity index (χ4n) is 2.60. The van der Waals surface area contributed by atoms with Crippen LogP contribution in [0.1, 0.15) is 16.7 Å². The van der Waals surface area contributed by atoms with E-state index in [0.29, 0.717) is 0 Å². The van der Waals surface area contributed by atoms with Crippen LogP contribution in [0.15, 0.2) is 76.2 Å². The largest absolute Gasteiger partial charge is 0.268 e. The van der Waals surface area contributed by atoms with Gasteiger partial charge in [-0.05, 0) is 18.4 Å². The molecule has 0 N–H and O–H groups in total. The maximum Gasteiger partial charge on any atom is 0.114 e. The lowest BCUT2D eigenvalue weighted by atomic mass is 9.89. The average Bonchev–Trinajstić information content (AvgIpc) is 2.58. The Morgan fingerprint density at radius 1 is 0.955 bits per heavy atom. The molecule has 3 heteroatoms. The summed E-state index contributed by atoms with van der Waals surface area (Å²) >= 11 is 5.88. The molecule has 0 saturated heterocycles. The van der Waals surface area contributed by atoms with Gasteiger partial charge in [-0.1, -0.05) is 60.7 Å². The van der Waals surface area contributed by atoms with Crippen LogP contribution in [0.25, 0.3) is 11.8 Å². The lowest BCUT2D eigenvalue weighted by molar-refractivity contribution is 1.34. The number of allylic oxidation sites excluding steroid dienone is 2. The molecule has 3 rings (SSSR count). The molecule has 0 saturated carbocycles. The molecule has 108 valence electrons. The van der Waals surface area contributed by atoms with E-state index < -0.39 is 0 Å². The molecule has 1 aliphatic rings. The number of benzene rings is 2. The Balaban J connectivity index is 2.24. The van der Waals surface area contributed by atoms with Gasteiger partial charge in [0.25, 0.3) is 0 Å². The first kappa shape index (κ1) is 14.5. The van der Waals surface area contributed by atoms with E-state index >= 15 is 0 Å². The van der Waals surface area contributed by atoms with Crippen LogP contribution in [0.4, 0.5) is 0 Å². The van der Waals surface area contributed by atoms with Crippen molar-refractivity contribution in [1.82, 2.24) is 0 Å². The van der Waals surface area contributed by atoms with Crippen LogP contribution < -0.4 is 0 Å². The van der Waals surface area contributed by atoms with E-state index in [1.807, 2.05) is 48.5 Å². The second-order valence-electron chi connectivity index (χ2n) is 4.83. The third-order valence-corrected chi connectivity index (χ3v) is 3.70. The summed E-state index contributed by atoms with van der Waals surface area (Å²) in [6, 6.07) is 18.3. The van der Waals surface area contributed by atoms with Gasteiger partial charge in [-0.25, -0.2) is 0 Å². The summed E-state index contributed by atoms with van der Waals surface area (Å²) in [5.74, 6) is 0. The minimum absolute atomic E-state index is 0.209. The van der Waals surface area contributed by atoms with Crippen LogP contribution >= 0.6 is 11.6 Å². The molecule has 0 aliphatic heterocycles. The molecule has 0 amide bonds. The molecule has 22 heavy (non-hydrogen) atoms. The fraction of sp³-hybridized carbons (Fsp3) is 0.0526.